The van der Waals surface area contributed by atoms with Crippen LogP contribution in [0.3, 0.4) is 0 Å². The standard InChI is InChI=1S/C25H23FN8O3/c1-14-7-21(27-2)29-10-18(14)37-22-8-17(23-24(32-22)33(3)13-30-23)31-20-6-5-15(9-28-20)25(35)34-11-16(26)19(12-34)36-4/h5-10,13,16,19H,11-12H2,1,3-4H3,(H,28,31,32)/t16-,19-/m1/s1. The SMILES string of the molecule is [C-]#[N+]c1cc(C)c(Oc2cc(Nc3ccc(C(=O)N4C[C@@H](F)[C@H](OC)C4)cn3)c3ncn(C)c3n2)cn1. The van der Waals surface area contributed by atoms with Gasteiger partial charge in [-0.25, -0.2) is 14.4 Å². The fraction of sp³-hybridized carbons (Fsp3) is 0.280. The third-order valence-corrected chi connectivity index (χ3v) is 6.08. The number of alkyl halides is 1. The number of hydrogen-bond acceptors (Lipinski definition) is 8. The van der Waals surface area contributed by atoms with Crippen molar-refractivity contribution in [2.24, 2.45) is 7.05 Å². The Labute approximate surface area is 211 Å². The van der Waals surface area contributed by atoms with E-state index >= 15 is 0 Å². The van der Waals surface area contributed by atoms with Crippen molar-refractivity contribution in [3.05, 3.63) is 65.5 Å². The normalized spacial score (nSPS) is 17.1. The van der Waals surface area contributed by atoms with E-state index in [4.69, 9.17) is 16.0 Å². The molecule has 0 unspecified atom stereocenters. The van der Waals surface area contributed by atoms with E-state index in [0.29, 0.717) is 39.9 Å². The van der Waals surface area contributed by atoms with Crippen LogP contribution in [0.15, 0.2) is 43.0 Å². The highest BCUT2D eigenvalue weighted by Crippen LogP contribution is 2.31. The molecule has 4 aromatic rings. The van der Waals surface area contributed by atoms with Crippen molar-refractivity contribution in [2.45, 2.75) is 19.2 Å². The van der Waals surface area contributed by atoms with Gasteiger partial charge in [0.2, 0.25) is 5.88 Å². The van der Waals surface area contributed by atoms with E-state index in [1.807, 2.05) is 14.0 Å². The molecule has 0 spiro atoms. The molecule has 5 heterocycles. The van der Waals surface area contributed by atoms with Crippen LogP contribution in [-0.2, 0) is 11.8 Å². The molecule has 1 amide bonds. The van der Waals surface area contributed by atoms with Crippen molar-refractivity contribution in [1.82, 2.24) is 29.4 Å². The summed E-state index contributed by atoms with van der Waals surface area (Å²) in [6.07, 6.45) is 2.74. The van der Waals surface area contributed by atoms with E-state index in [-0.39, 0.29) is 24.8 Å². The topological polar surface area (TPSA) is 112 Å². The fourth-order valence-electron chi connectivity index (χ4n) is 4.07. The van der Waals surface area contributed by atoms with Gasteiger partial charge in [-0.3, -0.25) is 4.79 Å². The lowest BCUT2D eigenvalue weighted by atomic mass is 10.2. The number of methoxy groups -OCH3 is 1. The Kier molecular flexibility index (Phi) is 6.37. The summed E-state index contributed by atoms with van der Waals surface area (Å²) in [7, 11) is 3.26. The molecule has 1 N–H and O–H groups in total. The zero-order valence-corrected chi connectivity index (χ0v) is 20.3. The highest BCUT2D eigenvalue weighted by atomic mass is 19.1. The summed E-state index contributed by atoms with van der Waals surface area (Å²) in [5.74, 6) is 1.22. The summed E-state index contributed by atoms with van der Waals surface area (Å²) in [5, 5.41) is 3.21. The molecule has 1 aliphatic rings. The van der Waals surface area contributed by atoms with E-state index in [1.54, 1.807) is 35.2 Å². The molecule has 5 rings (SSSR count). The van der Waals surface area contributed by atoms with Crippen LogP contribution in [0.1, 0.15) is 15.9 Å². The first-order chi connectivity index (χ1) is 17.9. The maximum Gasteiger partial charge on any atom is 0.269 e. The first-order valence-electron chi connectivity index (χ1n) is 11.4. The Hall–Kier alpha value is -4.63. The smallest absolute Gasteiger partial charge is 0.269 e. The summed E-state index contributed by atoms with van der Waals surface area (Å²) in [6, 6.07) is 6.63. The van der Waals surface area contributed by atoms with Gasteiger partial charge in [-0.1, -0.05) is 6.57 Å². The van der Waals surface area contributed by atoms with Crippen LogP contribution in [0.5, 0.6) is 11.6 Å². The van der Waals surface area contributed by atoms with E-state index in [9.17, 15) is 9.18 Å². The minimum atomic E-state index is -1.21. The maximum absolute atomic E-state index is 14.0. The van der Waals surface area contributed by atoms with Crippen LogP contribution in [0, 0.1) is 13.5 Å². The molecule has 12 heteroatoms. The molecule has 1 fully saturated rings. The lowest BCUT2D eigenvalue weighted by Crippen LogP contribution is -2.30. The van der Waals surface area contributed by atoms with Crippen LogP contribution in [0.25, 0.3) is 16.0 Å². The van der Waals surface area contributed by atoms with Gasteiger partial charge in [0, 0.05) is 26.4 Å². The summed E-state index contributed by atoms with van der Waals surface area (Å²) in [5.41, 5.74) is 2.88. The van der Waals surface area contributed by atoms with Crippen LogP contribution in [0.2, 0.25) is 0 Å². The zero-order chi connectivity index (χ0) is 26.1. The number of likely N-dealkylation sites (tertiary alicyclic amines) is 1. The van der Waals surface area contributed by atoms with Crippen molar-refractivity contribution in [1.29, 1.82) is 0 Å². The van der Waals surface area contributed by atoms with Gasteiger partial charge >= 0.3 is 0 Å². The predicted molar refractivity (Wildman–Crippen MR) is 133 cm³/mol. The molecule has 1 aliphatic heterocycles. The number of fused-ring (bicyclic) bond motifs is 1. The second kappa shape index (κ2) is 9.79. The predicted octanol–water partition coefficient (Wildman–Crippen LogP) is 3.96. The Morgan fingerprint density at radius 3 is 2.73 bits per heavy atom. The molecule has 37 heavy (non-hydrogen) atoms. The fourth-order valence-corrected chi connectivity index (χ4v) is 4.07. The van der Waals surface area contributed by atoms with Gasteiger partial charge in [-0.05, 0) is 30.7 Å². The molecule has 0 radical (unpaired) electrons. The number of carbonyl (C=O) groups excluding carboxylic acids is 1. The van der Waals surface area contributed by atoms with Crippen LogP contribution < -0.4 is 10.1 Å². The average Bonchev–Trinajstić information content (AvgIpc) is 3.47. The number of nitrogens with one attached hydrogen (secondary N) is 1. The Morgan fingerprint density at radius 2 is 2.05 bits per heavy atom. The van der Waals surface area contributed by atoms with Crippen molar-refractivity contribution >= 4 is 34.4 Å². The number of aromatic nitrogens is 5. The molecule has 2 atom stereocenters. The highest BCUT2D eigenvalue weighted by Gasteiger charge is 2.35. The molecule has 0 aromatic carbocycles. The van der Waals surface area contributed by atoms with Gasteiger partial charge in [0.25, 0.3) is 11.7 Å². The third kappa shape index (κ3) is 4.76. The Morgan fingerprint density at radius 1 is 1.22 bits per heavy atom. The maximum atomic E-state index is 14.0. The van der Waals surface area contributed by atoms with Crippen molar-refractivity contribution < 1.29 is 18.7 Å². The number of amides is 1. The molecule has 0 saturated carbocycles. The quantitative estimate of drug-likeness (QED) is 0.395. The lowest BCUT2D eigenvalue weighted by Gasteiger charge is -2.16. The third-order valence-electron chi connectivity index (χ3n) is 6.08. The summed E-state index contributed by atoms with van der Waals surface area (Å²) < 4.78 is 26.8. The molecule has 11 nitrogen and oxygen atoms in total. The number of nitrogens with zero attached hydrogens (tertiary/aromatic N) is 7. The number of carbonyl (C=O) groups is 1. The lowest BCUT2D eigenvalue weighted by molar-refractivity contribution is 0.0595. The summed E-state index contributed by atoms with van der Waals surface area (Å²) in [4.78, 5) is 34.9. The van der Waals surface area contributed by atoms with Gasteiger partial charge in [0.1, 0.15) is 23.6 Å². The average molecular weight is 503 g/mol. The Balaban J connectivity index is 1.38. The van der Waals surface area contributed by atoms with Crippen LogP contribution >= 0.6 is 0 Å². The van der Waals surface area contributed by atoms with Gasteiger partial charge in [0.15, 0.2) is 17.6 Å². The van der Waals surface area contributed by atoms with Gasteiger partial charge in [-0.2, -0.15) is 4.98 Å². The molecular formula is C25H23FN8O3. The van der Waals surface area contributed by atoms with Crippen LogP contribution in [0.4, 0.5) is 21.7 Å². The number of aryl methyl sites for hydroxylation is 2. The van der Waals surface area contributed by atoms with Gasteiger partial charge in [-0.15, -0.1) is 4.98 Å². The number of pyridine rings is 3. The Bertz CT molecular complexity index is 1520. The molecule has 0 aliphatic carbocycles. The number of imidazole rings is 1. The van der Waals surface area contributed by atoms with Gasteiger partial charge < -0.3 is 29.1 Å². The van der Waals surface area contributed by atoms with Crippen LogP contribution in [-0.4, -0.2) is 67.8 Å². The van der Waals surface area contributed by atoms with E-state index in [1.165, 1.54) is 24.4 Å². The largest absolute Gasteiger partial charge is 0.435 e. The first-order valence-corrected chi connectivity index (χ1v) is 11.4. The number of ether oxygens (including phenoxy) is 2. The minimum absolute atomic E-state index is 0.00953. The van der Waals surface area contributed by atoms with Gasteiger partial charge in [0.05, 0.1) is 30.7 Å². The second-order valence-electron chi connectivity index (χ2n) is 8.62. The van der Waals surface area contributed by atoms with Crippen molar-refractivity contribution in [3.63, 3.8) is 0 Å². The molecule has 4 aromatic heterocycles. The summed E-state index contributed by atoms with van der Waals surface area (Å²) in [6.45, 7) is 9.12. The summed E-state index contributed by atoms with van der Waals surface area (Å²) >= 11 is 0. The van der Waals surface area contributed by atoms with E-state index in [2.05, 4.69) is 30.1 Å². The minimum Gasteiger partial charge on any atom is -0.435 e. The molecule has 188 valence electrons. The van der Waals surface area contributed by atoms with E-state index in [0.717, 1.165) is 5.56 Å². The molecule has 0 bridgehead atoms. The van der Waals surface area contributed by atoms with E-state index < -0.39 is 12.3 Å². The number of anilines is 2. The van der Waals surface area contributed by atoms with Crippen molar-refractivity contribution in [2.75, 3.05) is 25.5 Å². The first kappa shape index (κ1) is 24.1. The second-order valence-corrected chi connectivity index (χ2v) is 8.62. The molecule has 1 saturated heterocycles. The molecular weight excluding hydrogens is 479 g/mol. The highest BCUT2D eigenvalue weighted by molar-refractivity contribution is 5.94. The monoisotopic (exact) mass is 502 g/mol. The number of rotatable bonds is 6. The zero-order valence-electron chi connectivity index (χ0n) is 20.3. The number of hydrogen-bond donors (Lipinski definition) is 1. The van der Waals surface area contributed by atoms with Crippen molar-refractivity contribution in [3.8, 4) is 11.6 Å². The number of halogens is 1.